The van der Waals surface area contributed by atoms with Gasteiger partial charge in [0.15, 0.2) is 0 Å². The number of halogens is 2. The van der Waals surface area contributed by atoms with Crippen molar-refractivity contribution in [2.45, 2.75) is 38.2 Å². The number of carboxylic acids is 1. The average molecular weight is 181 g/mol. The number of nitrogens with two attached hydrogens (primary N) is 1. The molecule has 0 aliphatic heterocycles. The molecule has 5 heteroatoms. The van der Waals surface area contributed by atoms with Crippen LogP contribution in [-0.2, 0) is 4.79 Å². The molecule has 0 radical (unpaired) electrons. The number of hydrogen-bond donors (Lipinski definition) is 2. The first kappa shape index (κ1) is 11.3. The van der Waals surface area contributed by atoms with E-state index in [0.29, 0.717) is 0 Å². The fourth-order valence-corrected chi connectivity index (χ4v) is 0.667. The van der Waals surface area contributed by atoms with Crippen molar-refractivity contribution in [2.75, 3.05) is 0 Å². The van der Waals surface area contributed by atoms with E-state index >= 15 is 0 Å². The molecule has 0 fully saturated rings. The zero-order valence-corrected chi connectivity index (χ0v) is 6.89. The highest BCUT2D eigenvalue weighted by molar-refractivity contribution is 5.72. The van der Waals surface area contributed by atoms with Gasteiger partial charge in [0.05, 0.1) is 0 Å². The number of alkyl halides is 2. The third-order valence-corrected chi connectivity index (χ3v) is 1.66. The van der Waals surface area contributed by atoms with Crippen LogP contribution in [0, 0.1) is 0 Å². The Morgan fingerprint density at radius 1 is 1.67 bits per heavy atom. The SMILES string of the molecule is CCC(F)(F)CC[C@H](N)C(=O)O. The summed E-state index contributed by atoms with van der Waals surface area (Å²) in [5, 5.41) is 8.28. The molecule has 0 unspecified atom stereocenters. The van der Waals surface area contributed by atoms with E-state index in [4.69, 9.17) is 10.8 Å². The summed E-state index contributed by atoms with van der Waals surface area (Å²) >= 11 is 0. The van der Waals surface area contributed by atoms with Gasteiger partial charge in [0.25, 0.3) is 0 Å². The van der Waals surface area contributed by atoms with Crippen molar-refractivity contribution in [1.82, 2.24) is 0 Å². The molecule has 0 amide bonds. The Morgan fingerprint density at radius 2 is 2.17 bits per heavy atom. The van der Waals surface area contributed by atoms with Crippen LogP contribution >= 0.6 is 0 Å². The molecule has 0 aromatic heterocycles. The van der Waals surface area contributed by atoms with Crippen LogP contribution in [0.1, 0.15) is 26.2 Å². The molecule has 72 valence electrons. The van der Waals surface area contributed by atoms with E-state index in [1.807, 2.05) is 0 Å². The van der Waals surface area contributed by atoms with E-state index < -0.39 is 24.4 Å². The second kappa shape index (κ2) is 4.35. The lowest BCUT2D eigenvalue weighted by atomic mass is 10.1. The van der Waals surface area contributed by atoms with Gasteiger partial charge in [0.2, 0.25) is 5.92 Å². The Labute approximate surface area is 69.6 Å². The van der Waals surface area contributed by atoms with Gasteiger partial charge in [0, 0.05) is 12.8 Å². The Hall–Kier alpha value is -0.710. The molecule has 0 aliphatic rings. The fourth-order valence-electron chi connectivity index (χ4n) is 0.667. The van der Waals surface area contributed by atoms with Gasteiger partial charge in [-0.3, -0.25) is 4.79 Å². The predicted molar refractivity (Wildman–Crippen MR) is 40.1 cm³/mol. The third-order valence-electron chi connectivity index (χ3n) is 1.66. The van der Waals surface area contributed by atoms with Gasteiger partial charge in [-0.2, -0.15) is 0 Å². The van der Waals surface area contributed by atoms with Crippen LogP contribution in [0.4, 0.5) is 8.78 Å². The third kappa shape index (κ3) is 4.23. The number of aliphatic carboxylic acids is 1. The number of carboxylic acid groups (broad SMARTS) is 1. The van der Waals surface area contributed by atoms with Crippen molar-refractivity contribution in [3.8, 4) is 0 Å². The number of carbonyl (C=O) groups is 1. The van der Waals surface area contributed by atoms with Crippen molar-refractivity contribution in [3.05, 3.63) is 0 Å². The second-order valence-electron chi connectivity index (χ2n) is 2.69. The Morgan fingerprint density at radius 3 is 2.50 bits per heavy atom. The average Bonchev–Trinajstić information content (AvgIpc) is 2.00. The maximum atomic E-state index is 12.5. The summed E-state index contributed by atoms with van der Waals surface area (Å²) in [4.78, 5) is 10.1. The summed E-state index contributed by atoms with van der Waals surface area (Å²) in [5.41, 5.74) is 5.05. The molecule has 3 nitrogen and oxygen atoms in total. The lowest BCUT2D eigenvalue weighted by molar-refractivity contribution is -0.139. The van der Waals surface area contributed by atoms with Crippen LogP contribution < -0.4 is 5.73 Å². The number of hydrogen-bond acceptors (Lipinski definition) is 2. The fraction of sp³-hybridized carbons (Fsp3) is 0.857. The van der Waals surface area contributed by atoms with Gasteiger partial charge < -0.3 is 10.8 Å². The molecule has 0 saturated heterocycles. The van der Waals surface area contributed by atoms with Crippen LogP contribution in [0.2, 0.25) is 0 Å². The highest BCUT2D eigenvalue weighted by Crippen LogP contribution is 2.24. The molecule has 1 atom stereocenters. The van der Waals surface area contributed by atoms with Crippen molar-refractivity contribution in [3.63, 3.8) is 0 Å². The van der Waals surface area contributed by atoms with Gasteiger partial charge in [0.1, 0.15) is 6.04 Å². The standard InChI is InChI=1S/C7H13F2NO2/c1-2-7(8,9)4-3-5(10)6(11)12/h5H,2-4,10H2,1H3,(H,11,12)/t5-/m0/s1. The van der Waals surface area contributed by atoms with Crippen LogP contribution in [0.15, 0.2) is 0 Å². The minimum atomic E-state index is -2.78. The van der Waals surface area contributed by atoms with Gasteiger partial charge in [-0.15, -0.1) is 0 Å². The van der Waals surface area contributed by atoms with Crippen molar-refractivity contribution >= 4 is 5.97 Å². The first-order valence-electron chi connectivity index (χ1n) is 3.75. The molecule has 0 aliphatic carbocycles. The second-order valence-corrected chi connectivity index (χ2v) is 2.69. The molecule has 0 spiro atoms. The zero-order chi connectivity index (χ0) is 9.78. The maximum Gasteiger partial charge on any atom is 0.320 e. The first-order chi connectivity index (χ1) is 5.39. The zero-order valence-electron chi connectivity index (χ0n) is 6.89. The molecule has 0 aromatic carbocycles. The summed E-state index contributed by atoms with van der Waals surface area (Å²) in [5.74, 6) is -4.02. The van der Waals surface area contributed by atoms with Crippen molar-refractivity contribution in [2.24, 2.45) is 5.73 Å². The molecule has 0 rings (SSSR count). The lowest BCUT2D eigenvalue weighted by Crippen LogP contribution is -2.32. The molecular weight excluding hydrogens is 168 g/mol. The van der Waals surface area contributed by atoms with E-state index in [9.17, 15) is 13.6 Å². The normalized spacial score (nSPS) is 14.3. The highest BCUT2D eigenvalue weighted by Gasteiger charge is 2.27. The maximum absolute atomic E-state index is 12.5. The molecule has 12 heavy (non-hydrogen) atoms. The smallest absolute Gasteiger partial charge is 0.320 e. The van der Waals surface area contributed by atoms with Crippen molar-refractivity contribution in [1.29, 1.82) is 0 Å². The summed E-state index contributed by atoms with van der Waals surface area (Å²) in [6, 6.07) is -1.18. The van der Waals surface area contributed by atoms with Gasteiger partial charge in [-0.1, -0.05) is 6.92 Å². The summed E-state index contributed by atoms with van der Waals surface area (Å²) in [6.45, 7) is 1.35. The Bertz CT molecular complexity index is 161. The quantitative estimate of drug-likeness (QED) is 0.670. The van der Waals surface area contributed by atoms with E-state index in [-0.39, 0.29) is 12.8 Å². The van der Waals surface area contributed by atoms with Crippen LogP contribution in [0.3, 0.4) is 0 Å². The summed E-state index contributed by atoms with van der Waals surface area (Å²) in [6.07, 6.45) is -0.924. The van der Waals surface area contributed by atoms with Gasteiger partial charge in [-0.25, -0.2) is 8.78 Å². The minimum absolute atomic E-state index is 0.184. The monoisotopic (exact) mass is 181 g/mol. The van der Waals surface area contributed by atoms with E-state index in [1.54, 1.807) is 0 Å². The van der Waals surface area contributed by atoms with Crippen LogP contribution in [0.5, 0.6) is 0 Å². The van der Waals surface area contributed by atoms with E-state index in [1.165, 1.54) is 6.92 Å². The Balaban J connectivity index is 3.75. The van der Waals surface area contributed by atoms with Gasteiger partial charge >= 0.3 is 5.97 Å². The van der Waals surface area contributed by atoms with Crippen LogP contribution in [0.25, 0.3) is 0 Å². The van der Waals surface area contributed by atoms with Crippen molar-refractivity contribution < 1.29 is 18.7 Å². The Kier molecular flexibility index (Phi) is 4.09. The highest BCUT2D eigenvalue weighted by atomic mass is 19.3. The lowest BCUT2D eigenvalue weighted by Gasteiger charge is -2.14. The molecular formula is C7H13F2NO2. The molecule has 0 bridgehead atoms. The van der Waals surface area contributed by atoms with Gasteiger partial charge in [-0.05, 0) is 6.42 Å². The van der Waals surface area contributed by atoms with Crippen LogP contribution in [-0.4, -0.2) is 23.0 Å². The van der Waals surface area contributed by atoms with E-state index in [0.717, 1.165) is 0 Å². The summed E-state index contributed by atoms with van der Waals surface area (Å²) in [7, 11) is 0. The molecule has 0 aromatic rings. The minimum Gasteiger partial charge on any atom is -0.480 e. The summed E-state index contributed by atoms with van der Waals surface area (Å²) < 4.78 is 25.1. The molecule has 0 saturated carbocycles. The first-order valence-corrected chi connectivity index (χ1v) is 3.75. The number of rotatable bonds is 5. The molecule has 3 N–H and O–H groups in total. The molecule has 0 heterocycles. The topological polar surface area (TPSA) is 63.3 Å². The largest absolute Gasteiger partial charge is 0.480 e. The predicted octanol–water partition coefficient (Wildman–Crippen LogP) is 1.22. The van der Waals surface area contributed by atoms with E-state index in [2.05, 4.69) is 0 Å².